The molecule has 0 atom stereocenters. The molecule has 0 aliphatic heterocycles. The fourth-order valence-corrected chi connectivity index (χ4v) is 6.21. The van der Waals surface area contributed by atoms with Crippen molar-refractivity contribution >= 4 is 16.5 Å². The maximum Gasteiger partial charge on any atom is 0.0323 e. The van der Waals surface area contributed by atoms with E-state index in [1.807, 2.05) is 0 Å². The van der Waals surface area contributed by atoms with E-state index in [4.69, 9.17) is 5.73 Å². The van der Waals surface area contributed by atoms with E-state index in [0.29, 0.717) is 5.41 Å². The van der Waals surface area contributed by atoms with Crippen molar-refractivity contribution in [3.05, 3.63) is 42.0 Å². The zero-order valence-electron chi connectivity index (χ0n) is 12.5. The number of fused-ring (bicyclic) bond motifs is 1. The van der Waals surface area contributed by atoms with Crippen molar-refractivity contribution in [2.75, 3.05) is 5.73 Å². The van der Waals surface area contributed by atoms with E-state index < -0.39 is 0 Å². The van der Waals surface area contributed by atoms with Gasteiger partial charge in [0.05, 0.1) is 0 Å². The highest BCUT2D eigenvalue weighted by Crippen LogP contribution is 2.61. The van der Waals surface area contributed by atoms with E-state index in [2.05, 4.69) is 36.4 Å². The number of hydrogen-bond acceptors (Lipinski definition) is 1. The van der Waals surface area contributed by atoms with Gasteiger partial charge in [-0.3, -0.25) is 0 Å². The van der Waals surface area contributed by atoms with Crippen LogP contribution in [0.2, 0.25) is 0 Å². The van der Waals surface area contributed by atoms with Crippen LogP contribution in [-0.4, -0.2) is 0 Å². The van der Waals surface area contributed by atoms with Crippen LogP contribution in [0.15, 0.2) is 36.4 Å². The predicted molar refractivity (Wildman–Crippen MR) is 88.2 cm³/mol. The Hall–Kier alpha value is -1.50. The Balaban J connectivity index is 1.74. The van der Waals surface area contributed by atoms with Crippen LogP contribution in [0.5, 0.6) is 0 Å². The van der Waals surface area contributed by atoms with Gasteiger partial charge in [-0.25, -0.2) is 0 Å². The largest absolute Gasteiger partial charge is 0.399 e. The lowest BCUT2D eigenvalue weighted by Crippen LogP contribution is -2.48. The van der Waals surface area contributed by atoms with Crippen molar-refractivity contribution in [2.24, 2.45) is 17.8 Å². The molecule has 0 amide bonds. The van der Waals surface area contributed by atoms with Crippen LogP contribution in [0.3, 0.4) is 0 Å². The first-order valence-corrected chi connectivity index (χ1v) is 8.51. The summed E-state index contributed by atoms with van der Waals surface area (Å²) >= 11 is 0. The molecule has 4 fully saturated rings. The van der Waals surface area contributed by atoms with Crippen LogP contribution >= 0.6 is 0 Å². The summed E-state index contributed by atoms with van der Waals surface area (Å²) in [6.07, 6.45) is 8.73. The van der Waals surface area contributed by atoms with Gasteiger partial charge in [0.1, 0.15) is 0 Å². The Labute approximate surface area is 126 Å². The predicted octanol–water partition coefficient (Wildman–Crippen LogP) is 4.89. The van der Waals surface area contributed by atoms with Crippen molar-refractivity contribution in [2.45, 2.75) is 43.9 Å². The van der Waals surface area contributed by atoms with Crippen LogP contribution in [-0.2, 0) is 5.41 Å². The van der Waals surface area contributed by atoms with E-state index in [1.165, 1.54) is 49.3 Å². The Morgan fingerprint density at radius 3 is 2.14 bits per heavy atom. The first-order chi connectivity index (χ1) is 10.2. The van der Waals surface area contributed by atoms with E-state index >= 15 is 0 Å². The monoisotopic (exact) mass is 277 g/mol. The van der Waals surface area contributed by atoms with E-state index in [0.717, 1.165) is 23.4 Å². The third kappa shape index (κ3) is 1.70. The number of rotatable bonds is 1. The summed E-state index contributed by atoms with van der Waals surface area (Å²) < 4.78 is 0. The lowest BCUT2D eigenvalue weighted by Gasteiger charge is -2.57. The molecule has 0 unspecified atom stereocenters. The molecule has 4 aliphatic carbocycles. The quantitative estimate of drug-likeness (QED) is 0.738. The van der Waals surface area contributed by atoms with E-state index in [9.17, 15) is 0 Å². The summed E-state index contributed by atoms with van der Waals surface area (Å²) in [4.78, 5) is 0. The molecule has 21 heavy (non-hydrogen) atoms. The lowest BCUT2D eigenvalue weighted by molar-refractivity contribution is -0.00447. The molecule has 0 spiro atoms. The second kappa shape index (κ2) is 4.03. The molecule has 2 aromatic rings. The maximum absolute atomic E-state index is 6.24. The van der Waals surface area contributed by atoms with Gasteiger partial charge in [0.2, 0.25) is 0 Å². The number of nitrogens with two attached hydrogens (primary N) is 1. The number of anilines is 1. The van der Waals surface area contributed by atoms with Gasteiger partial charge >= 0.3 is 0 Å². The SMILES string of the molecule is Nc1cc(C23CC4CC(CC(C4)C2)C3)c2ccccc2c1. The number of nitrogen functional groups attached to an aromatic ring is 1. The minimum atomic E-state index is 0.434. The molecule has 4 bridgehead atoms. The summed E-state index contributed by atoms with van der Waals surface area (Å²) in [5.74, 6) is 2.95. The van der Waals surface area contributed by atoms with Crippen LogP contribution in [0.4, 0.5) is 5.69 Å². The first kappa shape index (κ1) is 12.1. The molecule has 0 heterocycles. The molecule has 108 valence electrons. The molecule has 2 aromatic carbocycles. The number of benzene rings is 2. The molecule has 4 aliphatic rings. The maximum atomic E-state index is 6.24. The average molecular weight is 277 g/mol. The van der Waals surface area contributed by atoms with Crippen LogP contribution in [0, 0.1) is 17.8 Å². The Bertz CT molecular complexity index is 680. The molecule has 2 N–H and O–H groups in total. The Kier molecular flexibility index (Phi) is 2.32. The van der Waals surface area contributed by atoms with Crippen molar-refractivity contribution in [1.29, 1.82) is 0 Å². The van der Waals surface area contributed by atoms with Gasteiger partial charge in [-0.1, -0.05) is 24.3 Å². The van der Waals surface area contributed by atoms with Crippen LogP contribution in [0.25, 0.3) is 10.8 Å². The molecule has 0 saturated heterocycles. The van der Waals surface area contributed by atoms with E-state index in [1.54, 1.807) is 5.56 Å². The first-order valence-electron chi connectivity index (χ1n) is 8.51. The lowest BCUT2D eigenvalue weighted by atomic mass is 9.47. The molecule has 4 saturated carbocycles. The molecular formula is C20H23N. The minimum Gasteiger partial charge on any atom is -0.399 e. The van der Waals surface area contributed by atoms with Gasteiger partial charge in [-0.15, -0.1) is 0 Å². The third-order valence-electron chi connectivity index (χ3n) is 6.49. The van der Waals surface area contributed by atoms with Crippen LogP contribution in [0.1, 0.15) is 44.1 Å². The highest BCUT2D eigenvalue weighted by molar-refractivity contribution is 5.89. The highest BCUT2D eigenvalue weighted by Gasteiger charge is 2.51. The van der Waals surface area contributed by atoms with Gasteiger partial charge in [0.25, 0.3) is 0 Å². The second-order valence-electron chi connectivity index (χ2n) is 7.99. The summed E-state index contributed by atoms with van der Waals surface area (Å²) in [5, 5.41) is 2.77. The summed E-state index contributed by atoms with van der Waals surface area (Å²) in [6, 6.07) is 13.3. The Morgan fingerprint density at radius 2 is 1.48 bits per heavy atom. The van der Waals surface area contributed by atoms with Gasteiger partial charge in [0.15, 0.2) is 0 Å². The third-order valence-corrected chi connectivity index (χ3v) is 6.49. The standard InChI is InChI=1S/C20H23N/c21-17-8-16-3-1-2-4-18(16)19(9-17)20-10-13-5-14(11-20)7-15(6-13)12-20/h1-4,8-9,13-15H,5-7,10-12,21H2. The summed E-state index contributed by atoms with van der Waals surface area (Å²) in [6.45, 7) is 0. The van der Waals surface area contributed by atoms with Crippen molar-refractivity contribution in [3.8, 4) is 0 Å². The fraction of sp³-hybridized carbons (Fsp3) is 0.500. The van der Waals surface area contributed by atoms with Gasteiger partial charge in [0, 0.05) is 5.69 Å². The number of hydrogen-bond donors (Lipinski definition) is 1. The van der Waals surface area contributed by atoms with Crippen molar-refractivity contribution in [1.82, 2.24) is 0 Å². The normalized spacial score (nSPS) is 37.2. The second-order valence-corrected chi connectivity index (χ2v) is 7.99. The van der Waals surface area contributed by atoms with Gasteiger partial charge in [-0.2, -0.15) is 0 Å². The molecule has 1 heteroatoms. The molecule has 1 nitrogen and oxygen atoms in total. The minimum absolute atomic E-state index is 0.434. The topological polar surface area (TPSA) is 26.0 Å². The van der Waals surface area contributed by atoms with Crippen LogP contribution < -0.4 is 5.73 Å². The molecule has 0 aromatic heterocycles. The Morgan fingerprint density at radius 1 is 0.857 bits per heavy atom. The zero-order valence-corrected chi connectivity index (χ0v) is 12.5. The zero-order chi connectivity index (χ0) is 14.0. The fourth-order valence-electron chi connectivity index (χ4n) is 6.21. The summed E-state index contributed by atoms with van der Waals surface area (Å²) in [7, 11) is 0. The average Bonchev–Trinajstić information content (AvgIpc) is 2.45. The molecule has 0 radical (unpaired) electrons. The van der Waals surface area contributed by atoms with Crippen molar-refractivity contribution < 1.29 is 0 Å². The smallest absolute Gasteiger partial charge is 0.0323 e. The highest BCUT2D eigenvalue weighted by atomic mass is 14.6. The van der Waals surface area contributed by atoms with Gasteiger partial charge < -0.3 is 5.73 Å². The summed E-state index contributed by atoms with van der Waals surface area (Å²) in [5.41, 5.74) is 9.19. The van der Waals surface area contributed by atoms with Crippen molar-refractivity contribution in [3.63, 3.8) is 0 Å². The van der Waals surface area contributed by atoms with Gasteiger partial charge in [-0.05, 0) is 90.2 Å². The van der Waals surface area contributed by atoms with E-state index in [-0.39, 0.29) is 0 Å². The molecular weight excluding hydrogens is 254 g/mol. The molecule has 6 rings (SSSR count).